The van der Waals surface area contributed by atoms with Crippen LogP contribution in [0.15, 0.2) is 42.5 Å². The number of aromatic nitrogens is 1. The number of H-pyrrole nitrogens is 1. The number of carbonyl (C=O) groups is 1. The molecule has 0 atom stereocenters. The van der Waals surface area contributed by atoms with Crippen molar-refractivity contribution in [2.45, 2.75) is 12.8 Å². The number of aromatic amines is 1. The van der Waals surface area contributed by atoms with E-state index in [0.29, 0.717) is 17.9 Å². The first-order valence-electron chi connectivity index (χ1n) is 7.67. The van der Waals surface area contributed by atoms with E-state index in [1.165, 1.54) is 0 Å². The van der Waals surface area contributed by atoms with Gasteiger partial charge in [0.15, 0.2) is 11.5 Å². The summed E-state index contributed by atoms with van der Waals surface area (Å²) in [4.78, 5) is 14.4. The summed E-state index contributed by atoms with van der Waals surface area (Å²) in [5.74, 6) is 0.487. The summed E-state index contributed by atoms with van der Waals surface area (Å²) in [6.45, 7) is 0. The van der Waals surface area contributed by atoms with E-state index in [-0.39, 0.29) is 6.42 Å². The van der Waals surface area contributed by atoms with Crippen molar-refractivity contribution in [2.24, 2.45) is 0 Å². The molecule has 0 unspecified atom stereocenters. The van der Waals surface area contributed by atoms with Gasteiger partial charge in [0.25, 0.3) is 0 Å². The van der Waals surface area contributed by atoms with Crippen LogP contribution < -0.4 is 9.47 Å². The van der Waals surface area contributed by atoms with Crippen LogP contribution >= 0.6 is 0 Å². The first kappa shape index (κ1) is 15.9. The topological polar surface area (TPSA) is 71.6 Å². The molecule has 0 radical (unpaired) electrons. The van der Waals surface area contributed by atoms with E-state index in [2.05, 4.69) is 4.98 Å². The van der Waals surface area contributed by atoms with E-state index < -0.39 is 5.97 Å². The summed E-state index contributed by atoms with van der Waals surface area (Å²) in [6, 6.07) is 13.6. The maximum atomic E-state index is 11.0. The van der Waals surface area contributed by atoms with Gasteiger partial charge in [-0.3, -0.25) is 4.79 Å². The molecule has 0 bridgehead atoms. The maximum absolute atomic E-state index is 11.0. The van der Waals surface area contributed by atoms with Crippen molar-refractivity contribution in [2.75, 3.05) is 14.2 Å². The van der Waals surface area contributed by atoms with Crippen LogP contribution in [0.1, 0.15) is 12.0 Å². The Morgan fingerprint density at radius 2 is 1.83 bits per heavy atom. The summed E-state index contributed by atoms with van der Waals surface area (Å²) < 4.78 is 10.7. The van der Waals surface area contributed by atoms with Gasteiger partial charge in [-0.25, -0.2) is 0 Å². The number of aryl methyl sites for hydroxylation is 1. The van der Waals surface area contributed by atoms with Gasteiger partial charge in [0.2, 0.25) is 0 Å². The molecule has 2 N–H and O–H groups in total. The van der Waals surface area contributed by atoms with E-state index in [9.17, 15) is 4.79 Å². The summed E-state index contributed by atoms with van der Waals surface area (Å²) in [6.07, 6.45) is 0.547. The maximum Gasteiger partial charge on any atom is 0.303 e. The molecule has 0 aliphatic rings. The molecule has 3 aromatic rings. The average Bonchev–Trinajstić information content (AvgIpc) is 2.97. The SMILES string of the molecule is COc1ccc(-c2[nH]c3ccccc3c2CCC(=O)O)cc1OC. The Morgan fingerprint density at radius 3 is 2.54 bits per heavy atom. The van der Waals surface area contributed by atoms with Crippen LogP contribution in [0.5, 0.6) is 11.5 Å². The number of hydrogen-bond acceptors (Lipinski definition) is 3. The molecule has 24 heavy (non-hydrogen) atoms. The van der Waals surface area contributed by atoms with Gasteiger partial charge in [0.05, 0.1) is 14.2 Å². The number of rotatable bonds is 6. The number of para-hydroxylation sites is 1. The molecule has 0 aliphatic carbocycles. The lowest BCUT2D eigenvalue weighted by atomic mass is 10.0. The van der Waals surface area contributed by atoms with E-state index >= 15 is 0 Å². The molecule has 0 amide bonds. The fourth-order valence-corrected chi connectivity index (χ4v) is 2.93. The Bertz CT molecular complexity index is 882. The predicted molar refractivity (Wildman–Crippen MR) is 92.8 cm³/mol. The molecule has 2 aromatic carbocycles. The number of aliphatic carboxylic acids is 1. The Labute approximate surface area is 139 Å². The molecule has 1 aromatic heterocycles. The molecule has 0 aliphatic heterocycles. The van der Waals surface area contributed by atoms with Gasteiger partial charge < -0.3 is 19.6 Å². The molecule has 0 saturated carbocycles. The normalized spacial score (nSPS) is 10.8. The third-order valence-electron chi connectivity index (χ3n) is 4.07. The molecule has 1 heterocycles. The smallest absolute Gasteiger partial charge is 0.303 e. The fourth-order valence-electron chi connectivity index (χ4n) is 2.93. The number of ether oxygens (including phenoxy) is 2. The average molecular weight is 325 g/mol. The van der Waals surface area contributed by atoms with Crippen LogP contribution in [0.3, 0.4) is 0 Å². The molecule has 124 valence electrons. The van der Waals surface area contributed by atoms with Crippen molar-refractivity contribution >= 4 is 16.9 Å². The van der Waals surface area contributed by atoms with Crippen LogP contribution in [0.2, 0.25) is 0 Å². The molecule has 0 fully saturated rings. The van der Waals surface area contributed by atoms with Gasteiger partial charge in [-0.2, -0.15) is 0 Å². The predicted octanol–water partition coefficient (Wildman–Crippen LogP) is 3.87. The Balaban J connectivity index is 2.14. The summed E-state index contributed by atoms with van der Waals surface area (Å²) in [7, 11) is 3.19. The number of benzene rings is 2. The first-order chi connectivity index (χ1) is 11.6. The monoisotopic (exact) mass is 325 g/mol. The molecule has 3 rings (SSSR count). The molecular weight excluding hydrogens is 306 g/mol. The zero-order valence-electron chi connectivity index (χ0n) is 13.6. The van der Waals surface area contributed by atoms with Gasteiger partial charge in [-0.05, 0) is 36.2 Å². The van der Waals surface area contributed by atoms with Crippen molar-refractivity contribution in [3.63, 3.8) is 0 Å². The van der Waals surface area contributed by atoms with Gasteiger partial charge >= 0.3 is 5.97 Å². The second-order valence-electron chi connectivity index (χ2n) is 5.49. The lowest BCUT2D eigenvalue weighted by Gasteiger charge is -2.10. The molecule has 0 saturated heterocycles. The second-order valence-corrected chi connectivity index (χ2v) is 5.49. The molecule has 5 heteroatoms. The highest BCUT2D eigenvalue weighted by Crippen LogP contribution is 2.36. The summed E-state index contributed by atoms with van der Waals surface area (Å²) >= 11 is 0. The summed E-state index contributed by atoms with van der Waals surface area (Å²) in [5.41, 5.74) is 3.84. The highest BCUT2D eigenvalue weighted by atomic mass is 16.5. The largest absolute Gasteiger partial charge is 0.493 e. The third kappa shape index (κ3) is 2.93. The number of nitrogens with one attached hydrogen (secondary N) is 1. The van der Waals surface area contributed by atoms with Crippen molar-refractivity contribution in [3.8, 4) is 22.8 Å². The Morgan fingerprint density at radius 1 is 1.08 bits per heavy atom. The number of methoxy groups -OCH3 is 2. The first-order valence-corrected chi connectivity index (χ1v) is 7.67. The fraction of sp³-hybridized carbons (Fsp3) is 0.211. The minimum atomic E-state index is -0.807. The molecule has 0 spiro atoms. The Kier molecular flexibility index (Phi) is 4.42. The van der Waals surface area contributed by atoms with E-state index in [0.717, 1.165) is 27.7 Å². The van der Waals surface area contributed by atoms with Gasteiger partial charge in [-0.15, -0.1) is 0 Å². The van der Waals surface area contributed by atoms with E-state index in [1.54, 1.807) is 14.2 Å². The third-order valence-corrected chi connectivity index (χ3v) is 4.07. The quantitative estimate of drug-likeness (QED) is 0.722. The minimum Gasteiger partial charge on any atom is -0.493 e. The standard InChI is InChI=1S/C19H19NO4/c1-23-16-9-7-12(11-17(16)24-2)19-14(8-10-18(21)22)13-5-3-4-6-15(13)20-19/h3-7,9,11,20H,8,10H2,1-2H3,(H,21,22). The van der Waals surface area contributed by atoms with Crippen LogP contribution in [-0.4, -0.2) is 30.3 Å². The molecular formula is C19H19NO4. The lowest BCUT2D eigenvalue weighted by molar-refractivity contribution is -0.136. The highest BCUT2D eigenvalue weighted by Gasteiger charge is 2.15. The Hall–Kier alpha value is -2.95. The van der Waals surface area contributed by atoms with Crippen molar-refractivity contribution in [3.05, 3.63) is 48.0 Å². The van der Waals surface area contributed by atoms with Crippen molar-refractivity contribution < 1.29 is 19.4 Å². The van der Waals surface area contributed by atoms with Crippen LogP contribution in [-0.2, 0) is 11.2 Å². The number of hydrogen-bond donors (Lipinski definition) is 2. The number of carboxylic acid groups (broad SMARTS) is 1. The van der Waals surface area contributed by atoms with Crippen LogP contribution in [0, 0.1) is 0 Å². The van der Waals surface area contributed by atoms with Gasteiger partial charge in [0, 0.05) is 28.6 Å². The zero-order chi connectivity index (χ0) is 17.1. The van der Waals surface area contributed by atoms with Crippen LogP contribution in [0.25, 0.3) is 22.2 Å². The number of carboxylic acids is 1. The van der Waals surface area contributed by atoms with E-state index in [1.807, 2.05) is 42.5 Å². The summed E-state index contributed by atoms with van der Waals surface area (Å²) in [5, 5.41) is 10.1. The minimum absolute atomic E-state index is 0.0855. The highest BCUT2D eigenvalue weighted by molar-refractivity contribution is 5.91. The van der Waals surface area contributed by atoms with Gasteiger partial charge in [-0.1, -0.05) is 18.2 Å². The van der Waals surface area contributed by atoms with Crippen molar-refractivity contribution in [1.82, 2.24) is 4.98 Å². The van der Waals surface area contributed by atoms with E-state index in [4.69, 9.17) is 14.6 Å². The van der Waals surface area contributed by atoms with Gasteiger partial charge in [0.1, 0.15) is 0 Å². The lowest BCUT2D eigenvalue weighted by Crippen LogP contribution is -1.98. The number of fused-ring (bicyclic) bond motifs is 1. The van der Waals surface area contributed by atoms with Crippen molar-refractivity contribution in [1.29, 1.82) is 0 Å². The second kappa shape index (κ2) is 6.66. The zero-order valence-corrected chi connectivity index (χ0v) is 13.6. The molecule has 5 nitrogen and oxygen atoms in total. The van der Waals surface area contributed by atoms with Crippen LogP contribution in [0.4, 0.5) is 0 Å².